The smallest absolute Gasteiger partial charge is 0.137 e. The van der Waals surface area contributed by atoms with E-state index in [1.807, 2.05) is 6.07 Å². The molecule has 1 aromatic rings. The summed E-state index contributed by atoms with van der Waals surface area (Å²) in [7, 11) is 0. The molecule has 2 N–H and O–H groups in total. The van der Waals surface area contributed by atoms with Gasteiger partial charge in [-0.2, -0.15) is 5.26 Å². The molecule has 0 aliphatic rings. The molecule has 0 amide bonds. The summed E-state index contributed by atoms with van der Waals surface area (Å²) in [5, 5.41) is 8.42. The average Bonchev–Trinajstić information content (AvgIpc) is 2.10. The quantitative estimate of drug-likeness (QED) is 0.905. The van der Waals surface area contributed by atoms with Crippen molar-refractivity contribution < 1.29 is 4.39 Å². The molecule has 5 heteroatoms. The molecule has 0 saturated heterocycles. The minimum absolute atomic E-state index is 0. The molecular weight excluding hydrogens is 270 g/mol. The van der Waals surface area contributed by atoms with Crippen LogP contribution < -0.4 is 5.73 Å². The van der Waals surface area contributed by atoms with Gasteiger partial charge in [0.15, 0.2) is 0 Å². The second-order valence-corrected chi connectivity index (χ2v) is 3.40. The Kier molecular flexibility index (Phi) is 5.70. The molecule has 2 nitrogen and oxygen atoms in total. The van der Waals surface area contributed by atoms with Crippen molar-refractivity contribution >= 4 is 28.3 Å². The van der Waals surface area contributed by atoms with Gasteiger partial charge in [-0.25, -0.2) is 4.39 Å². The predicted molar refractivity (Wildman–Crippen MR) is 58.5 cm³/mol. The number of rotatable bonds is 2. The van der Waals surface area contributed by atoms with Gasteiger partial charge in [0.1, 0.15) is 5.82 Å². The molecule has 1 rings (SSSR count). The predicted octanol–water partition coefficient (Wildman–Crippen LogP) is 2.92. The van der Waals surface area contributed by atoms with Gasteiger partial charge < -0.3 is 5.73 Å². The number of halogens is 3. The third-order valence-electron chi connectivity index (χ3n) is 1.69. The molecule has 0 aliphatic carbocycles. The van der Waals surface area contributed by atoms with Gasteiger partial charge in [0.2, 0.25) is 0 Å². The van der Waals surface area contributed by atoms with Crippen molar-refractivity contribution in [2.75, 3.05) is 0 Å². The maximum Gasteiger partial charge on any atom is 0.137 e. The summed E-state index contributed by atoms with van der Waals surface area (Å²) in [5.41, 5.74) is 6.28. The van der Waals surface area contributed by atoms with Crippen LogP contribution in [0.2, 0.25) is 0 Å². The highest BCUT2D eigenvalue weighted by Gasteiger charge is 2.11. The SMILES string of the molecule is Cl.N#CC[C@@H](N)c1cccc(F)c1Br. The number of benzene rings is 1. The molecule has 0 fully saturated rings. The Morgan fingerprint density at radius 1 is 1.57 bits per heavy atom. The van der Waals surface area contributed by atoms with Crippen LogP contribution in [0.25, 0.3) is 0 Å². The van der Waals surface area contributed by atoms with Crippen LogP contribution >= 0.6 is 28.3 Å². The zero-order valence-corrected chi connectivity index (χ0v) is 9.61. The second kappa shape index (κ2) is 5.97. The van der Waals surface area contributed by atoms with E-state index in [9.17, 15) is 4.39 Å². The van der Waals surface area contributed by atoms with Crippen molar-refractivity contribution in [1.29, 1.82) is 5.26 Å². The Morgan fingerprint density at radius 2 is 2.21 bits per heavy atom. The summed E-state index contributed by atoms with van der Waals surface area (Å²) in [6.07, 6.45) is 0.183. The van der Waals surface area contributed by atoms with Gasteiger partial charge in [-0.05, 0) is 27.6 Å². The van der Waals surface area contributed by atoms with Crippen molar-refractivity contribution in [2.45, 2.75) is 12.5 Å². The Hall–Kier alpha value is -0.630. The highest BCUT2D eigenvalue weighted by molar-refractivity contribution is 9.10. The molecule has 0 radical (unpaired) electrons. The fourth-order valence-corrected chi connectivity index (χ4v) is 1.57. The molecule has 1 atom stereocenters. The van der Waals surface area contributed by atoms with Crippen molar-refractivity contribution in [3.05, 3.63) is 34.1 Å². The largest absolute Gasteiger partial charge is 0.323 e. The maximum absolute atomic E-state index is 13.0. The normalized spacial score (nSPS) is 11.3. The van der Waals surface area contributed by atoms with E-state index in [0.717, 1.165) is 0 Å². The lowest BCUT2D eigenvalue weighted by atomic mass is 10.1. The Labute approximate surface area is 96.4 Å². The summed E-state index contributed by atoms with van der Waals surface area (Å²) in [6, 6.07) is 6.13. The van der Waals surface area contributed by atoms with Crippen LogP contribution in [0.15, 0.2) is 22.7 Å². The zero-order chi connectivity index (χ0) is 9.84. The van der Waals surface area contributed by atoms with Crippen molar-refractivity contribution in [3.63, 3.8) is 0 Å². The molecule has 1 aromatic carbocycles. The molecule has 0 bridgehead atoms. The second-order valence-electron chi connectivity index (χ2n) is 2.61. The van der Waals surface area contributed by atoms with E-state index in [-0.39, 0.29) is 24.6 Å². The van der Waals surface area contributed by atoms with E-state index in [1.54, 1.807) is 12.1 Å². The maximum atomic E-state index is 13.0. The number of nitrogens with zero attached hydrogens (tertiary/aromatic N) is 1. The van der Waals surface area contributed by atoms with Crippen LogP contribution in [0.3, 0.4) is 0 Å². The minimum Gasteiger partial charge on any atom is -0.323 e. The van der Waals surface area contributed by atoms with Crippen LogP contribution in [0.5, 0.6) is 0 Å². The van der Waals surface area contributed by atoms with Gasteiger partial charge in [-0.15, -0.1) is 12.4 Å². The van der Waals surface area contributed by atoms with Crippen molar-refractivity contribution in [3.8, 4) is 6.07 Å². The van der Waals surface area contributed by atoms with Crippen LogP contribution in [-0.2, 0) is 0 Å². The van der Waals surface area contributed by atoms with Gasteiger partial charge in [0, 0.05) is 6.04 Å². The van der Waals surface area contributed by atoms with E-state index in [2.05, 4.69) is 15.9 Å². The molecule has 0 aromatic heterocycles. The first-order chi connectivity index (χ1) is 6.16. The Morgan fingerprint density at radius 3 is 2.79 bits per heavy atom. The average molecular weight is 280 g/mol. The number of hydrogen-bond acceptors (Lipinski definition) is 2. The van der Waals surface area contributed by atoms with Crippen LogP contribution in [-0.4, -0.2) is 0 Å². The Balaban J connectivity index is 0.00000169. The summed E-state index contributed by atoms with van der Waals surface area (Å²) >= 11 is 3.09. The molecule has 0 aliphatic heterocycles. The molecule has 0 unspecified atom stereocenters. The molecule has 0 spiro atoms. The summed E-state index contributed by atoms with van der Waals surface area (Å²) in [5.74, 6) is -0.356. The van der Waals surface area contributed by atoms with Gasteiger partial charge in [-0.1, -0.05) is 12.1 Å². The van der Waals surface area contributed by atoms with Crippen molar-refractivity contribution in [2.24, 2.45) is 5.73 Å². The van der Waals surface area contributed by atoms with Crippen LogP contribution in [0.1, 0.15) is 18.0 Å². The first-order valence-electron chi connectivity index (χ1n) is 3.73. The lowest BCUT2D eigenvalue weighted by Gasteiger charge is -2.10. The number of nitriles is 1. The molecule has 0 heterocycles. The third-order valence-corrected chi connectivity index (χ3v) is 2.53. The van der Waals surface area contributed by atoms with E-state index >= 15 is 0 Å². The van der Waals surface area contributed by atoms with Gasteiger partial charge >= 0.3 is 0 Å². The Bertz CT molecular complexity index is 351. The van der Waals surface area contributed by atoms with Gasteiger partial charge in [0.05, 0.1) is 17.0 Å². The van der Waals surface area contributed by atoms with Crippen LogP contribution in [0.4, 0.5) is 4.39 Å². The highest BCUT2D eigenvalue weighted by Crippen LogP contribution is 2.26. The summed E-state index contributed by atoms with van der Waals surface area (Å²) in [6.45, 7) is 0. The van der Waals surface area contributed by atoms with E-state index in [1.165, 1.54) is 6.07 Å². The number of hydrogen-bond donors (Lipinski definition) is 1. The third kappa shape index (κ3) is 2.95. The van der Waals surface area contributed by atoms with Gasteiger partial charge in [-0.3, -0.25) is 0 Å². The van der Waals surface area contributed by atoms with Gasteiger partial charge in [0.25, 0.3) is 0 Å². The van der Waals surface area contributed by atoms with Crippen LogP contribution in [0, 0.1) is 17.1 Å². The van der Waals surface area contributed by atoms with E-state index < -0.39 is 6.04 Å². The lowest BCUT2D eigenvalue weighted by Crippen LogP contribution is -2.10. The molecule has 0 saturated carbocycles. The molecule has 76 valence electrons. The van der Waals surface area contributed by atoms with E-state index in [0.29, 0.717) is 10.0 Å². The zero-order valence-electron chi connectivity index (χ0n) is 7.21. The van der Waals surface area contributed by atoms with Crippen molar-refractivity contribution in [1.82, 2.24) is 0 Å². The first-order valence-corrected chi connectivity index (χ1v) is 4.52. The summed E-state index contributed by atoms with van der Waals surface area (Å²) in [4.78, 5) is 0. The standard InChI is InChI=1S/C9H8BrFN2.ClH/c10-9-6(8(13)4-5-12)2-1-3-7(9)11;/h1-3,8H,4,13H2;1H/t8-;/m1./s1. The number of nitrogens with two attached hydrogens (primary N) is 1. The van der Waals surface area contributed by atoms with E-state index in [4.69, 9.17) is 11.0 Å². The minimum atomic E-state index is -0.435. The fraction of sp³-hybridized carbons (Fsp3) is 0.222. The molecular formula is C9H9BrClFN2. The fourth-order valence-electron chi connectivity index (χ4n) is 1.02. The molecule has 14 heavy (non-hydrogen) atoms. The summed E-state index contributed by atoms with van der Waals surface area (Å²) < 4.78 is 13.3. The lowest BCUT2D eigenvalue weighted by molar-refractivity contribution is 0.612. The first kappa shape index (κ1) is 13.4. The highest BCUT2D eigenvalue weighted by atomic mass is 79.9. The monoisotopic (exact) mass is 278 g/mol. The topological polar surface area (TPSA) is 49.8 Å².